The summed E-state index contributed by atoms with van der Waals surface area (Å²) < 4.78 is 5.28. The van der Waals surface area contributed by atoms with Crippen LogP contribution < -0.4 is 10.5 Å². The molecule has 0 aliphatic rings. The number of likely N-dealkylation sites (N-methyl/N-ethyl adjacent to an activating group) is 1. The Balaban J connectivity index is 2.63. The fourth-order valence-corrected chi connectivity index (χ4v) is 1.69. The van der Waals surface area contributed by atoms with Crippen LogP contribution in [0.4, 0.5) is 0 Å². The van der Waals surface area contributed by atoms with Gasteiger partial charge >= 0.3 is 0 Å². The highest BCUT2D eigenvalue weighted by Gasteiger charge is 2.08. The standard InChI is InChI=1S/C12H20N2O/c1-14(2)9-11(13)8-10-6-4-5-7-12(10)15-3/h4-7,11H,8-9,13H2,1-3H3. The lowest BCUT2D eigenvalue weighted by molar-refractivity contribution is 0.366. The Kier molecular flexibility index (Phi) is 4.59. The molecule has 1 aromatic carbocycles. The monoisotopic (exact) mass is 208 g/mol. The van der Waals surface area contributed by atoms with Crippen LogP contribution in [0.2, 0.25) is 0 Å². The van der Waals surface area contributed by atoms with Crippen molar-refractivity contribution >= 4 is 0 Å². The summed E-state index contributed by atoms with van der Waals surface area (Å²) in [5.74, 6) is 0.923. The number of nitrogens with two attached hydrogens (primary N) is 1. The van der Waals surface area contributed by atoms with E-state index in [1.807, 2.05) is 32.3 Å². The van der Waals surface area contributed by atoms with Gasteiger partial charge in [0.15, 0.2) is 0 Å². The minimum Gasteiger partial charge on any atom is -0.496 e. The molecule has 84 valence electrons. The van der Waals surface area contributed by atoms with Crippen molar-refractivity contribution < 1.29 is 4.74 Å². The van der Waals surface area contributed by atoms with E-state index < -0.39 is 0 Å². The Labute approximate surface area is 91.8 Å². The summed E-state index contributed by atoms with van der Waals surface area (Å²) in [5, 5.41) is 0. The first-order valence-electron chi connectivity index (χ1n) is 5.15. The van der Waals surface area contributed by atoms with Crippen LogP contribution in [0.3, 0.4) is 0 Å². The number of ether oxygens (including phenoxy) is 1. The Morgan fingerprint density at radius 1 is 1.33 bits per heavy atom. The third-order valence-corrected chi connectivity index (χ3v) is 2.27. The predicted octanol–water partition coefficient (Wildman–Crippen LogP) is 1.13. The van der Waals surface area contributed by atoms with Crippen LogP contribution in [0.15, 0.2) is 24.3 Å². The molecule has 1 rings (SSSR count). The van der Waals surface area contributed by atoms with Crippen molar-refractivity contribution in [3.8, 4) is 5.75 Å². The van der Waals surface area contributed by atoms with Crippen molar-refractivity contribution in [2.75, 3.05) is 27.7 Å². The van der Waals surface area contributed by atoms with Gasteiger partial charge in [-0.3, -0.25) is 0 Å². The molecule has 0 aliphatic heterocycles. The summed E-state index contributed by atoms with van der Waals surface area (Å²) >= 11 is 0. The van der Waals surface area contributed by atoms with Crippen LogP contribution in [0.5, 0.6) is 5.75 Å². The van der Waals surface area contributed by atoms with Crippen LogP contribution in [0.25, 0.3) is 0 Å². The molecule has 1 atom stereocenters. The highest BCUT2D eigenvalue weighted by Crippen LogP contribution is 2.18. The second kappa shape index (κ2) is 5.73. The van der Waals surface area contributed by atoms with Gasteiger partial charge in [0.1, 0.15) is 5.75 Å². The van der Waals surface area contributed by atoms with Gasteiger partial charge in [-0.2, -0.15) is 0 Å². The summed E-state index contributed by atoms with van der Waals surface area (Å²) in [5.41, 5.74) is 7.21. The molecule has 0 spiro atoms. The molecule has 15 heavy (non-hydrogen) atoms. The molecule has 3 heteroatoms. The van der Waals surface area contributed by atoms with Crippen molar-refractivity contribution in [2.45, 2.75) is 12.5 Å². The Bertz CT molecular complexity index is 299. The average molecular weight is 208 g/mol. The molecule has 0 fully saturated rings. The maximum Gasteiger partial charge on any atom is 0.122 e. The predicted molar refractivity (Wildman–Crippen MR) is 63.2 cm³/mol. The molecule has 0 bridgehead atoms. The number of nitrogens with zero attached hydrogens (tertiary/aromatic N) is 1. The molecule has 0 saturated carbocycles. The van der Waals surface area contributed by atoms with Crippen molar-refractivity contribution in [1.82, 2.24) is 4.90 Å². The zero-order valence-corrected chi connectivity index (χ0v) is 9.73. The molecular formula is C12H20N2O. The Morgan fingerprint density at radius 2 is 2.00 bits per heavy atom. The van der Waals surface area contributed by atoms with Crippen LogP contribution in [-0.4, -0.2) is 38.7 Å². The SMILES string of the molecule is COc1ccccc1CC(N)CN(C)C. The lowest BCUT2D eigenvalue weighted by atomic mass is 10.1. The maximum atomic E-state index is 6.03. The number of para-hydroxylation sites is 1. The Morgan fingerprint density at radius 3 is 2.60 bits per heavy atom. The van der Waals surface area contributed by atoms with Crippen molar-refractivity contribution in [3.63, 3.8) is 0 Å². The lowest BCUT2D eigenvalue weighted by Gasteiger charge is -2.18. The van der Waals surface area contributed by atoms with E-state index >= 15 is 0 Å². The molecule has 1 aromatic rings. The third kappa shape index (κ3) is 3.90. The summed E-state index contributed by atoms with van der Waals surface area (Å²) in [6.07, 6.45) is 0.849. The maximum absolute atomic E-state index is 6.03. The first-order chi connectivity index (χ1) is 7.13. The molecule has 3 nitrogen and oxygen atoms in total. The quantitative estimate of drug-likeness (QED) is 0.788. The van der Waals surface area contributed by atoms with E-state index in [-0.39, 0.29) is 6.04 Å². The molecule has 0 saturated heterocycles. The second-order valence-electron chi connectivity index (χ2n) is 4.04. The highest BCUT2D eigenvalue weighted by atomic mass is 16.5. The van der Waals surface area contributed by atoms with E-state index in [2.05, 4.69) is 11.0 Å². The topological polar surface area (TPSA) is 38.5 Å². The first-order valence-corrected chi connectivity index (χ1v) is 5.15. The Hall–Kier alpha value is -1.06. The van der Waals surface area contributed by atoms with Crippen molar-refractivity contribution in [2.24, 2.45) is 5.73 Å². The van der Waals surface area contributed by atoms with Gasteiger partial charge in [-0.1, -0.05) is 18.2 Å². The molecule has 1 unspecified atom stereocenters. The van der Waals surface area contributed by atoms with E-state index in [0.29, 0.717) is 0 Å². The van der Waals surface area contributed by atoms with E-state index in [1.165, 1.54) is 5.56 Å². The van der Waals surface area contributed by atoms with Gasteiger partial charge in [-0.05, 0) is 32.1 Å². The van der Waals surface area contributed by atoms with E-state index in [0.717, 1.165) is 18.7 Å². The molecule has 2 N–H and O–H groups in total. The summed E-state index contributed by atoms with van der Waals surface area (Å²) in [7, 11) is 5.75. The fraction of sp³-hybridized carbons (Fsp3) is 0.500. The summed E-state index contributed by atoms with van der Waals surface area (Å²) in [4.78, 5) is 2.10. The first kappa shape index (κ1) is 12.0. The fourth-order valence-electron chi connectivity index (χ4n) is 1.69. The minimum absolute atomic E-state index is 0.149. The van der Waals surface area contributed by atoms with Gasteiger partial charge in [0.2, 0.25) is 0 Å². The normalized spacial score (nSPS) is 12.9. The number of rotatable bonds is 5. The minimum atomic E-state index is 0.149. The molecule has 0 aliphatic carbocycles. The zero-order chi connectivity index (χ0) is 11.3. The van der Waals surface area contributed by atoms with Crippen LogP contribution in [0.1, 0.15) is 5.56 Å². The number of benzene rings is 1. The van der Waals surface area contributed by atoms with Gasteiger partial charge in [0.25, 0.3) is 0 Å². The molecule has 0 radical (unpaired) electrons. The summed E-state index contributed by atoms with van der Waals surface area (Å²) in [6.45, 7) is 0.887. The van der Waals surface area contributed by atoms with Gasteiger partial charge < -0.3 is 15.4 Å². The van der Waals surface area contributed by atoms with Gasteiger partial charge in [-0.15, -0.1) is 0 Å². The number of hydrogen-bond donors (Lipinski definition) is 1. The number of methoxy groups -OCH3 is 1. The van der Waals surface area contributed by atoms with Gasteiger partial charge in [0, 0.05) is 12.6 Å². The molecule has 0 heterocycles. The van der Waals surface area contributed by atoms with Gasteiger partial charge in [0.05, 0.1) is 7.11 Å². The molecular weight excluding hydrogens is 188 g/mol. The lowest BCUT2D eigenvalue weighted by Crippen LogP contribution is -2.34. The van der Waals surface area contributed by atoms with Crippen LogP contribution in [-0.2, 0) is 6.42 Å². The third-order valence-electron chi connectivity index (χ3n) is 2.27. The highest BCUT2D eigenvalue weighted by molar-refractivity contribution is 5.33. The van der Waals surface area contributed by atoms with Crippen LogP contribution >= 0.6 is 0 Å². The average Bonchev–Trinajstić information content (AvgIpc) is 2.17. The zero-order valence-electron chi connectivity index (χ0n) is 9.73. The number of hydrogen-bond acceptors (Lipinski definition) is 3. The van der Waals surface area contributed by atoms with E-state index in [9.17, 15) is 0 Å². The van der Waals surface area contributed by atoms with Crippen molar-refractivity contribution in [1.29, 1.82) is 0 Å². The van der Waals surface area contributed by atoms with Crippen LogP contribution in [0, 0.1) is 0 Å². The van der Waals surface area contributed by atoms with Crippen molar-refractivity contribution in [3.05, 3.63) is 29.8 Å². The second-order valence-corrected chi connectivity index (χ2v) is 4.04. The molecule has 0 amide bonds. The largest absolute Gasteiger partial charge is 0.496 e. The smallest absolute Gasteiger partial charge is 0.122 e. The van der Waals surface area contributed by atoms with E-state index in [1.54, 1.807) is 7.11 Å². The summed E-state index contributed by atoms with van der Waals surface area (Å²) in [6, 6.07) is 8.17. The van der Waals surface area contributed by atoms with Gasteiger partial charge in [-0.25, -0.2) is 0 Å². The molecule has 0 aromatic heterocycles. The van der Waals surface area contributed by atoms with E-state index in [4.69, 9.17) is 10.5 Å².